The van der Waals surface area contributed by atoms with Crippen LogP contribution in [0, 0.1) is 11.6 Å². The average molecular weight is 353 g/mol. The number of hydrogen-bond donors (Lipinski definition) is 0. The highest BCUT2D eigenvalue weighted by Crippen LogP contribution is 2.14. The minimum absolute atomic E-state index is 0.134. The number of benzene rings is 1. The normalized spacial score (nSPS) is 15.6. The van der Waals surface area contributed by atoms with Crippen molar-refractivity contribution >= 4 is 5.91 Å². The number of alkyl halides is 1. The third-order valence-electron chi connectivity index (χ3n) is 4.18. The Kier molecular flexibility index (Phi) is 5.32. The zero-order valence-electron chi connectivity index (χ0n) is 13.5. The molecule has 0 spiro atoms. The SMILES string of the molecule is O=C(c1ccc(F)c(F)c1)N1CCN(Cc2ncnn2CCF)CC1. The van der Waals surface area contributed by atoms with Gasteiger partial charge >= 0.3 is 0 Å². The number of nitrogens with zero attached hydrogens (tertiary/aromatic N) is 5. The van der Waals surface area contributed by atoms with E-state index in [0.29, 0.717) is 38.5 Å². The molecule has 1 amide bonds. The third kappa shape index (κ3) is 3.98. The van der Waals surface area contributed by atoms with Crippen LogP contribution < -0.4 is 0 Å². The van der Waals surface area contributed by atoms with Crippen LogP contribution in [0.4, 0.5) is 13.2 Å². The standard InChI is InChI=1S/C16H18F3N5O/c17-3-4-24-15(20-11-21-24)10-22-5-7-23(8-6-22)16(25)12-1-2-13(18)14(19)9-12/h1-2,9,11H,3-8,10H2. The lowest BCUT2D eigenvalue weighted by Gasteiger charge is -2.34. The van der Waals surface area contributed by atoms with Crippen LogP contribution in [-0.2, 0) is 13.1 Å². The number of rotatable bonds is 5. The van der Waals surface area contributed by atoms with Crippen molar-refractivity contribution in [3.8, 4) is 0 Å². The molecule has 9 heteroatoms. The molecule has 134 valence electrons. The van der Waals surface area contributed by atoms with Crippen LogP contribution in [0.25, 0.3) is 0 Å². The molecule has 25 heavy (non-hydrogen) atoms. The molecule has 0 N–H and O–H groups in total. The Bertz CT molecular complexity index is 743. The number of carbonyl (C=O) groups excluding carboxylic acids is 1. The van der Waals surface area contributed by atoms with Gasteiger partial charge in [-0.3, -0.25) is 9.69 Å². The van der Waals surface area contributed by atoms with E-state index in [9.17, 15) is 18.0 Å². The van der Waals surface area contributed by atoms with Gasteiger partial charge in [-0.25, -0.2) is 22.8 Å². The fourth-order valence-electron chi connectivity index (χ4n) is 2.80. The number of piperazine rings is 1. The van der Waals surface area contributed by atoms with Crippen LogP contribution in [0.2, 0.25) is 0 Å². The van der Waals surface area contributed by atoms with Crippen LogP contribution in [0.3, 0.4) is 0 Å². The minimum atomic E-state index is -1.03. The van der Waals surface area contributed by atoms with Crippen molar-refractivity contribution in [1.29, 1.82) is 0 Å². The molecule has 1 fully saturated rings. The summed E-state index contributed by atoms with van der Waals surface area (Å²) in [7, 11) is 0. The lowest BCUT2D eigenvalue weighted by molar-refractivity contribution is 0.0622. The number of halogens is 3. The van der Waals surface area contributed by atoms with E-state index >= 15 is 0 Å². The zero-order valence-corrected chi connectivity index (χ0v) is 13.5. The molecule has 0 unspecified atom stereocenters. The van der Waals surface area contributed by atoms with Crippen LogP contribution in [0.1, 0.15) is 16.2 Å². The lowest BCUT2D eigenvalue weighted by atomic mass is 10.1. The van der Waals surface area contributed by atoms with Crippen molar-refractivity contribution in [3.63, 3.8) is 0 Å². The molecule has 1 aliphatic heterocycles. The molecule has 1 aromatic heterocycles. The molecule has 2 heterocycles. The molecule has 1 saturated heterocycles. The quantitative estimate of drug-likeness (QED) is 0.817. The molecule has 2 aromatic rings. The first-order valence-electron chi connectivity index (χ1n) is 7.98. The summed E-state index contributed by atoms with van der Waals surface area (Å²) < 4.78 is 40.3. The van der Waals surface area contributed by atoms with Gasteiger partial charge in [0.2, 0.25) is 0 Å². The summed E-state index contributed by atoms with van der Waals surface area (Å²) in [5.74, 6) is -1.65. The Morgan fingerprint density at radius 1 is 1.12 bits per heavy atom. The highest BCUT2D eigenvalue weighted by molar-refractivity contribution is 5.94. The monoisotopic (exact) mass is 353 g/mol. The number of aromatic nitrogens is 3. The highest BCUT2D eigenvalue weighted by atomic mass is 19.2. The van der Waals surface area contributed by atoms with Gasteiger partial charge in [0.05, 0.1) is 13.1 Å². The lowest BCUT2D eigenvalue weighted by Crippen LogP contribution is -2.48. The molecule has 0 saturated carbocycles. The van der Waals surface area contributed by atoms with Gasteiger partial charge in [-0.15, -0.1) is 0 Å². The predicted molar refractivity (Wildman–Crippen MR) is 83.5 cm³/mol. The zero-order chi connectivity index (χ0) is 17.8. The van der Waals surface area contributed by atoms with Gasteiger partial charge in [0.1, 0.15) is 18.8 Å². The molecule has 0 atom stereocenters. The molecule has 0 bridgehead atoms. The number of amides is 1. The Morgan fingerprint density at radius 2 is 1.88 bits per heavy atom. The van der Waals surface area contributed by atoms with Crippen molar-refractivity contribution in [2.24, 2.45) is 0 Å². The van der Waals surface area contributed by atoms with Gasteiger partial charge in [-0.2, -0.15) is 5.10 Å². The van der Waals surface area contributed by atoms with Crippen molar-refractivity contribution in [3.05, 3.63) is 47.5 Å². The molecular formula is C16H18F3N5O. The summed E-state index contributed by atoms with van der Waals surface area (Å²) in [6.07, 6.45) is 1.40. The van der Waals surface area contributed by atoms with Crippen molar-refractivity contribution in [2.75, 3.05) is 32.9 Å². The predicted octanol–water partition coefficient (Wildman–Crippen LogP) is 1.48. The van der Waals surface area contributed by atoms with E-state index in [-0.39, 0.29) is 18.0 Å². The molecule has 0 radical (unpaired) electrons. The van der Waals surface area contributed by atoms with Gasteiger partial charge < -0.3 is 4.90 Å². The molecule has 1 aromatic carbocycles. The van der Waals surface area contributed by atoms with Crippen molar-refractivity contribution in [1.82, 2.24) is 24.6 Å². The largest absolute Gasteiger partial charge is 0.336 e. The summed E-state index contributed by atoms with van der Waals surface area (Å²) in [4.78, 5) is 20.2. The van der Waals surface area contributed by atoms with E-state index in [1.807, 2.05) is 0 Å². The van der Waals surface area contributed by atoms with Crippen molar-refractivity contribution < 1.29 is 18.0 Å². The maximum atomic E-state index is 13.3. The first-order chi connectivity index (χ1) is 12.1. The first kappa shape index (κ1) is 17.4. The van der Waals surface area contributed by atoms with Gasteiger partial charge in [0, 0.05) is 31.7 Å². The van der Waals surface area contributed by atoms with Crippen molar-refractivity contribution in [2.45, 2.75) is 13.1 Å². The van der Waals surface area contributed by atoms with E-state index in [0.717, 1.165) is 12.1 Å². The van der Waals surface area contributed by atoms with Gasteiger partial charge in [0.25, 0.3) is 5.91 Å². The summed E-state index contributed by atoms with van der Waals surface area (Å²) in [5, 5.41) is 3.98. The fourth-order valence-corrected chi connectivity index (χ4v) is 2.80. The minimum Gasteiger partial charge on any atom is -0.336 e. The molecule has 0 aliphatic carbocycles. The second-order valence-corrected chi connectivity index (χ2v) is 5.79. The first-order valence-corrected chi connectivity index (χ1v) is 7.98. The fraction of sp³-hybridized carbons (Fsp3) is 0.438. The van der Waals surface area contributed by atoms with E-state index in [2.05, 4.69) is 15.0 Å². The second kappa shape index (κ2) is 7.64. The van der Waals surface area contributed by atoms with Gasteiger partial charge in [-0.05, 0) is 18.2 Å². The highest BCUT2D eigenvalue weighted by Gasteiger charge is 2.23. The van der Waals surface area contributed by atoms with E-state index in [1.165, 1.54) is 17.1 Å². The van der Waals surface area contributed by atoms with E-state index in [4.69, 9.17) is 0 Å². The summed E-state index contributed by atoms with van der Waals surface area (Å²) in [6.45, 7) is 2.34. The second-order valence-electron chi connectivity index (χ2n) is 5.79. The van der Waals surface area contributed by atoms with Crippen LogP contribution in [0.5, 0.6) is 0 Å². The number of aryl methyl sites for hydroxylation is 1. The topological polar surface area (TPSA) is 54.3 Å². The smallest absolute Gasteiger partial charge is 0.254 e. The summed E-state index contributed by atoms with van der Waals surface area (Å²) in [5.41, 5.74) is 0.134. The average Bonchev–Trinajstić information content (AvgIpc) is 3.05. The number of hydrogen-bond acceptors (Lipinski definition) is 4. The van der Waals surface area contributed by atoms with E-state index in [1.54, 1.807) is 4.90 Å². The van der Waals surface area contributed by atoms with Crippen LogP contribution >= 0.6 is 0 Å². The van der Waals surface area contributed by atoms with Crippen LogP contribution in [-0.4, -0.2) is 63.3 Å². The molecular weight excluding hydrogens is 335 g/mol. The Balaban J connectivity index is 1.57. The maximum Gasteiger partial charge on any atom is 0.254 e. The van der Waals surface area contributed by atoms with Gasteiger partial charge in [0.15, 0.2) is 11.6 Å². The van der Waals surface area contributed by atoms with E-state index < -0.39 is 18.3 Å². The van der Waals surface area contributed by atoms with Crippen LogP contribution in [0.15, 0.2) is 24.5 Å². The summed E-state index contributed by atoms with van der Waals surface area (Å²) in [6, 6.07) is 3.16. The molecule has 6 nitrogen and oxygen atoms in total. The van der Waals surface area contributed by atoms with Gasteiger partial charge in [-0.1, -0.05) is 0 Å². The third-order valence-corrected chi connectivity index (χ3v) is 4.18. The Morgan fingerprint density at radius 3 is 2.56 bits per heavy atom. The Hall–Kier alpha value is -2.42. The number of carbonyl (C=O) groups is 1. The molecule has 3 rings (SSSR count). The molecule has 1 aliphatic rings. The summed E-state index contributed by atoms with van der Waals surface area (Å²) >= 11 is 0. The maximum absolute atomic E-state index is 13.3. The Labute approximate surface area is 142 Å².